The van der Waals surface area contributed by atoms with E-state index in [0.29, 0.717) is 11.3 Å². The van der Waals surface area contributed by atoms with Crippen molar-refractivity contribution in [2.75, 3.05) is 0 Å². The molecule has 2 aromatic heterocycles. The van der Waals surface area contributed by atoms with Crippen molar-refractivity contribution in [3.63, 3.8) is 0 Å². The van der Waals surface area contributed by atoms with Crippen molar-refractivity contribution < 1.29 is 14.7 Å². The van der Waals surface area contributed by atoms with Crippen LogP contribution in [0.25, 0.3) is 5.69 Å². The summed E-state index contributed by atoms with van der Waals surface area (Å²) in [7, 11) is 0. The highest BCUT2D eigenvalue weighted by molar-refractivity contribution is 5.98. The van der Waals surface area contributed by atoms with Gasteiger partial charge in [0, 0.05) is 34.9 Å². The first-order valence-corrected chi connectivity index (χ1v) is 8.23. The van der Waals surface area contributed by atoms with Crippen LogP contribution in [0.2, 0.25) is 0 Å². The minimum atomic E-state index is -1.06. The number of benzene rings is 1. The molecule has 27 heavy (non-hydrogen) atoms. The lowest BCUT2D eigenvalue weighted by Crippen LogP contribution is -2.19. The second-order valence-electron chi connectivity index (χ2n) is 5.97. The third-order valence-corrected chi connectivity index (χ3v) is 4.07. The van der Waals surface area contributed by atoms with E-state index in [9.17, 15) is 14.7 Å². The Morgan fingerprint density at radius 3 is 2.52 bits per heavy atom. The molecule has 0 aliphatic heterocycles. The number of aromatic nitrogens is 2. The maximum atomic E-state index is 12.4. The van der Waals surface area contributed by atoms with Crippen LogP contribution < -0.4 is 5.43 Å². The number of aromatic carboxylic acids is 1. The molecule has 0 radical (unpaired) electrons. The predicted octanol–water partition coefficient (Wildman–Crippen LogP) is 2.95. The van der Waals surface area contributed by atoms with Gasteiger partial charge >= 0.3 is 5.97 Å². The molecule has 0 saturated carbocycles. The third-order valence-electron chi connectivity index (χ3n) is 4.07. The molecule has 0 atom stereocenters. The van der Waals surface area contributed by atoms with Crippen molar-refractivity contribution in [2.45, 2.75) is 13.8 Å². The van der Waals surface area contributed by atoms with E-state index < -0.39 is 11.9 Å². The van der Waals surface area contributed by atoms with Gasteiger partial charge in [-0.25, -0.2) is 10.2 Å². The zero-order valence-electron chi connectivity index (χ0n) is 14.9. The maximum Gasteiger partial charge on any atom is 0.337 e. The SMILES string of the molecule is Cc1ccc(C)n1-c1cc(C(=O)N/N=C/c2cccnc2)ccc1C(=O)O. The number of carboxylic acid groups (broad SMARTS) is 1. The second kappa shape index (κ2) is 7.65. The van der Waals surface area contributed by atoms with E-state index in [-0.39, 0.29) is 5.56 Å². The highest BCUT2D eigenvalue weighted by Crippen LogP contribution is 2.22. The first kappa shape index (κ1) is 18.1. The second-order valence-corrected chi connectivity index (χ2v) is 5.97. The summed E-state index contributed by atoms with van der Waals surface area (Å²) >= 11 is 0. The Morgan fingerprint density at radius 2 is 1.89 bits per heavy atom. The summed E-state index contributed by atoms with van der Waals surface area (Å²) < 4.78 is 1.80. The number of carboxylic acids is 1. The van der Waals surface area contributed by atoms with Gasteiger partial charge in [-0.15, -0.1) is 0 Å². The fraction of sp³-hybridized carbons (Fsp3) is 0.100. The third kappa shape index (κ3) is 3.92. The lowest BCUT2D eigenvalue weighted by Gasteiger charge is -2.14. The van der Waals surface area contributed by atoms with Gasteiger partial charge in [-0.3, -0.25) is 9.78 Å². The number of hydrogen-bond acceptors (Lipinski definition) is 4. The largest absolute Gasteiger partial charge is 0.478 e. The van der Waals surface area contributed by atoms with Crippen molar-refractivity contribution >= 4 is 18.1 Å². The summed E-state index contributed by atoms with van der Waals surface area (Å²) in [4.78, 5) is 28.0. The molecule has 0 aliphatic rings. The average Bonchev–Trinajstić information content (AvgIpc) is 3.00. The topological polar surface area (TPSA) is 96.6 Å². The molecule has 1 amide bonds. The van der Waals surface area contributed by atoms with E-state index in [2.05, 4.69) is 15.5 Å². The van der Waals surface area contributed by atoms with E-state index >= 15 is 0 Å². The minimum absolute atomic E-state index is 0.118. The van der Waals surface area contributed by atoms with Crippen LogP contribution >= 0.6 is 0 Å². The van der Waals surface area contributed by atoms with Gasteiger partial charge in [0.2, 0.25) is 0 Å². The molecule has 0 spiro atoms. The summed E-state index contributed by atoms with van der Waals surface area (Å²) in [5.41, 5.74) is 5.81. The molecule has 0 saturated heterocycles. The van der Waals surface area contributed by atoms with Crippen LogP contribution in [-0.2, 0) is 0 Å². The minimum Gasteiger partial charge on any atom is -0.478 e. The van der Waals surface area contributed by atoms with Crippen molar-refractivity contribution in [3.05, 3.63) is 82.9 Å². The maximum absolute atomic E-state index is 12.4. The number of pyridine rings is 1. The fourth-order valence-corrected chi connectivity index (χ4v) is 2.77. The average molecular weight is 362 g/mol. The molecule has 0 unspecified atom stereocenters. The number of aryl methyl sites for hydroxylation is 2. The number of carbonyl (C=O) groups excluding carboxylic acids is 1. The summed E-state index contributed by atoms with van der Waals surface area (Å²) in [6.45, 7) is 3.76. The molecule has 1 aromatic carbocycles. The molecular weight excluding hydrogens is 344 g/mol. The summed E-state index contributed by atoms with van der Waals surface area (Å²) in [5.74, 6) is -1.49. The Hall–Kier alpha value is -3.74. The fourth-order valence-electron chi connectivity index (χ4n) is 2.77. The zero-order chi connectivity index (χ0) is 19.4. The number of carbonyl (C=O) groups is 2. The molecule has 2 N–H and O–H groups in total. The van der Waals surface area contributed by atoms with Crippen LogP contribution in [0.15, 0.2) is 60.0 Å². The highest BCUT2D eigenvalue weighted by atomic mass is 16.4. The zero-order valence-corrected chi connectivity index (χ0v) is 14.9. The van der Waals surface area contributed by atoms with Gasteiger partial charge in [0.25, 0.3) is 5.91 Å². The van der Waals surface area contributed by atoms with Gasteiger partial charge < -0.3 is 9.67 Å². The van der Waals surface area contributed by atoms with Crippen molar-refractivity contribution in [1.82, 2.24) is 15.0 Å². The van der Waals surface area contributed by atoms with Crippen LogP contribution in [0.3, 0.4) is 0 Å². The Bertz CT molecular complexity index is 1000. The van der Waals surface area contributed by atoms with Crippen LogP contribution in [0.1, 0.15) is 37.7 Å². The highest BCUT2D eigenvalue weighted by Gasteiger charge is 2.17. The molecular formula is C20H18N4O3. The molecule has 0 bridgehead atoms. The molecule has 0 fully saturated rings. The van der Waals surface area contributed by atoms with Gasteiger partial charge in [0.05, 0.1) is 17.5 Å². The standard InChI is InChI=1S/C20H18N4O3/c1-13-5-6-14(2)24(13)18-10-16(7-8-17(18)20(26)27)19(25)23-22-12-15-4-3-9-21-11-15/h3-12H,1-2H3,(H,23,25)(H,26,27)/b22-12+. The Labute approximate surface area is 156 Å². The van der Waals surface area contributed by atoms with E-state index in [1.54, 1.807) is 35.2 Å². The number of nitrogens with zero attached hydrogens (tertiary/aromatic N) is 3. The molecule has 0 aliphatic carbocycles. The summed E-state index contributed by atoms with van der Waals surface area (Å²) in [6.07, 6.45) is 4.75. The van der Waals surface area contributed by atoms with E-state index in [4.69, 9.17) is 0 Å². The van der Waals surface area contributed by atoms with Crippen LogP contribution in [0.4, 0.5) is 0 Å². The Kier molecular flexibility index (Phi) is 5.12. The van der Waals surface area contributed by atoms with Crippen LogP contribution in [0.5, 0.6) is 0 Å². The quantitative estimate of drug-likeness (QED) is 0.539. The number of amides is 1. The number of hydrazone groups is 1. The van der Waals surface area contributed by atoms with Crippen molar-refractivity contribution in [1.29, 1.82) is 0 Å². The van der Waals surface area contributed by atoms with Crippen LogP contribution in [0, 0.1) is 13.8 Å². The predicted molar refractivity (Wildman–Crippen MR) is 101 cm³/mol. The lowest BCUT2D eigenvalue weighted by atomic mass is 10.1. The van der Waals surface area contributed by atoms with E-state index in [1.165, 1.54) is 18.3 Å². The number of rotatable bonds is 5. The molecule has 3 rings (SSSR count). The van der Waals surface area contributed by atoms with Crippen molar-refractivity contribution in [2.24, 2.45) is 5.10 Å². The number of hydrogen-bond donors (Lipinski definition) is 2. The Balaban J connectivity index is 1.90. The number of nitrogens with one attached hydrogen (secondary N) is 1. The summed E-state index contributed by atoms with van der Waals surface area (Å²) in [6, 6.07) is 11.8. The lowest BCUT2D eigenvalue weighted by molar-refractivity contribution is 0.0696. The van der Waals surface area contributed by atoms with Gasteiger partial charge in [-0.05, 0) is 50.2 Å². The van der Waals surface area contributed by atoms with Gasteiger partial charge in [0.1, 0.15) is 0 Å². The van der Waals surface area contributed by atoms with Crippen LogP contribution in [-0.4, -0.2) is 32.7 Å². The normalized spacial score (nSPS) is 10.9. The molecule has 7 nitrogen and oxygen atoms in total. The summed E-state index contributed by atoms with van der Waals surface area (Å²) in [5, 5.41) is 13.4. The van der Waals surface area contributed by atoms with Gasteiger partial charge in [0.15, 0.2) is 0 Å². The van der Waals surface area contributed by atoms with Crippen molar-refractivity contribution in [3.8, 4) is 5.69 Å². The molecule has 2 heterocycles. The smallest absolute Gasteiger partial charge is 0.337 e. The van der Waals surface area contributed by atoms with E-state index in [1.807, 2.05) is 26.0 Å². The first-order chi connectivity index (χ1) is 13.0. The monoisotopic (exact) mass is 362 g/mol. The van der Waals surface area contributed by atoms with Gasteiger partial charge in [-0.2, -0.15) is 5.10 Å². The van der Waals surface area contributed by atoms with E-state index in [0.717, 1.165) is 17.0 Å². The first-order valence-electron chi connectivity index (χ1n) is 8.23. The Morgan fingerprint density at radius 1 is 1.15 bits per heavy atom. The molecule has 7 heteroatoms. The molecule has 3 aromatic rings. The van der Waals surface area contributed by atoms with Gasteiger partial charge in [-0.1, -0.05) is 6.07 Å². The molecule has 136 valence electrons.